The quantitative estimate of drug-likeness (QED) is 0.746. The highest BCUT2D eigenvalue weighted by Crippen LogP contribution is 2.22. The average Bonchev–Trinajstić information content (AvgIpc) is 2.99. The highest BCUT2D eigenvalue weighted by molar-refractivity contribution is 5.93. The fraction of sp³-hybridized carbons (Fsp3) is 0.222. The lowest BCUT2D eigenvalue weighted by Gasteiger charge is -2.19. The Morgan fingerprint density at radius 1 is 1.19 bits per heavy atom. The van der Waals surface area contributed by atoms with Crippen molar-refractivity contribution in [2.45, 2.75) is 26.4 Å². The molecule has 134 valence electrons. The number of carboxylic acid groups (broad SMARTS) is 1. The Kier molecular flexibility index (Phi) is 4.33. The molecule has 0 saturated heterocycles. The summed E-state index contributed by atoms with van der Waals surface area (Å²) in [5, 5.41) is 16.7. The maximum absolute atomic E-state index is 11.9. The van der Waals surface area contributed by atoms with E-state index in [2.05, 4.69) is 15.4 Å². The third-order valence-corrected chi connectivity index (χ3v) is 3.40. The number of carbonyl (C=O) groups is 2. The molecule has 0 aliphatic carbocycles. The summed E-state index contributed by atoms with van der Waals surface area (Å²) < 4.78 is 6.79. The third-order valence-electron chi connectivity index (χ3n) is 3.40. The molecule has 0 atom stereocenters. The summed E-state index contributed by atoms with van der Waals surface area (Å²) in [5.41, 5.74) is 1.11. The van der Waals surface area contributed by atoms with Crippen LogP contribution in [0.1, 0.15) is 31.3 Å². The normalized spacial score (nSPS) is 11.3. The average molecular weight is 354 g/mol. The SMILES string of the molecule is CC(C)(C)OC(=O)Nc1cnn(-c2cccc3nc(C(=O)O)ccc23)c1. The van der Waals surface area contributed by atoms with Gasteiger partial charge in [0.1, 0.15) is 11.3 Å². The molecule has 0 unspecified atom stereocenters. The molecule has 1 aromatic carbocycles. The van der Waals surface area contributed by atoms with E-state index in [0.29, 0.717) is 16.9 Å². The molecule has 26 heavy (non-hydrogen) atoms. The van der Waals surface area contributed by atoms with Crippen LogP contribution in [0, 0.1) is 0 Å². The Bertz CT molecular complexity index is 988. The second kappa shape index (κ2) is 6.47. The predicted molar refractivity (Wildman–Crippen MR) is 95.7 cm³/mol. The minimum Gasteiger partial charge on any atom is -0.477 e. The molecule has 3 aromatic rings. The Morgan fingerprint density at radius 2 is 1.96 bits per heavy atom. The molecule has 0 radical (unpaired) electrons. The van der Waals surface area contributed by atoms with Crippen molar-refractivity contribution in [1.29, 1.82) is 0 Å². The molecule has 0 aliphatic heterocycles. The number of anilines is 1. The van der Waals surface area contributed by atoms with E-state index in [0.717, 1.165) is 5.39 Å². The monoisotopic (exact) mass is 354 g/mol. The van der Waals surface area contributed by atoms with Gasteiger partial charge in [0.2, 0.25) is 0 Å². The van der Waals surface area contributed by atoms with Crippen LogP contribution in [0.5, 0.6) is 0 Å². The number of hydrogen-bond acceptors (Lipinski definition) is 5. The number of fused-ring (bicyclic) bond motifs is 1. The lowest BCUT2D eigenvalue weighted by atomic mass is 10.1. The van der Waals surface area contributed by atoms with Crippen molar-refractivity contribution < 1.29 is 19.4 Å². The van der Waals surface area contributed by atoms with Crippen molar-refractivity contribution in [3.8, 4) is 5.69 Å². The second-order valence-corrected chi connectivity index (χ2v) is 6.65. The van der Waals surface area contributed by atoms with Gasteiger partial charge in [0.05, 0.1) is 29.3 Å². The maximum Gasteiger partial charge on any atom is 0.412 e. The van der Waals surface area contributed by atoms with Gasteiger partial charge in [0, 0.05) is 5.39 Å². The molecule has 0 fully saturated rings. The lowest BCUT2D eigenvalue weighted by molar-refractivity contribution is 0.0634. The van der Waals surface area contributed by atoms with Gasteiger partial charge in [-0.3, -0.25) is 5.32 Å². The van der Waals surface area contributed by atoms with Crippen molar-refractivity contribution >= 4 is 28.7 Å². The minimum absolute atomic E-state index is 0.0256. The summed E-state index contributed by atoms with van der Waals surface area (Å²) in [5.74, 6) is -1.08. The number of benzene rings is 1. The van der Waals surface area contributed by atoms with E-state index in [1.807, 2.05) is 6.07 Å². The number of rotatable bonds is 3. The largest absolute Gasteiger partial charge is 0.477 e. The van der Waals surface area contributed by atoms with E-state index in [-0.39, 0.29) is 5.69 Å². The molecule has 0 bridgehead atoms. The van der Waals surface area contributed by atoms with Crippen LogP contribution < -0.4 is 5.32 Å². The van der Waals surface area contributed by atoms with E-state index in [9.17, 15) is 9.59 Å². The minimum atomic E-state index is -1.08. The summed E-state index contributed by atoms with van der Waals surface area (Å²) >= 11 is 0. The first kappa shape index (κ1) is 17.4. The second-order valence-electron chi connectivity index (χ2n) is 6.65. The lowest BCUT2D eigenvalue weighted by Crippen LogP contribution is -2.27. The number of amides is 1. The third kappa shape index (κ3) is 3.80. The van der Waals surface area contributed by atoms with Crippen LogP contribution >= 0.6 is 0 Å². The van der Waals surface area contributed by atoms with Gasteiger partial charge in [0.25, 0.3) is 0 Å². The summed E-state index contributed by atoms with van der Waals surface area (Å²) in [7, 11) is 0. The molecule has 1 amide bonds. The van der Waals surface area contributed by atoms with Gasteiger partial charge in [-0.05, 0) is 45.0 Å². The highest BCUT2D eigenvalue weighted by Gasteiger charge is 2.17. The summed E-state index contributed by atoms with van der Waals surface area (Å²) in [6.45, 7) is 5.35. The van der Waals surface area contributed by atoms with E-state index in [1.165, 1.54) is 12.3 Å². The van der Waals surface area contributed by atoms with Crippen LogP contribution in [0.4, 0.5) is 10.5 Å². The number of carboxylic acids is 1. The molecule has 8 heteroatoms. The van der Waals surface area contributed by atoms with Crippen molar-refractivity contribution in [3.63, 3.8) is 0 Å². The van der Waals surface area contributed by atoms with E-state index >= 15 is 0 Å². The van der Waals surface area contributed by atoms with Crippen molar-refractivity contribution in [1.82, 2.24) is 14.8 Å². The van der Waals surface area contributed by atoms with Gasteiger partial charge in [-0.1, -0.05) is 6.07 Å². The number of carbonyl (C=O) groups excluding carboxylic acids is 1. The van der Waals surface area contributed by atoms with Crippen LogP contribution in [0.25, 0.3) is 16.6 Å². The Balaban J connectivity index is 1.89. The Labute approximate surface area is 149 Å². The molecular formula is C18H18N4O4. The standard InChI is InChI=1S/C18H18N4O4/c1-18(2,3)26-17(25)20-11-9-19-22(10-11)15-6-4-5-13-12(15)7-8-14(21-13)16(23)24/h4-10H,1-3H3,(H,20,25)(H,23,24). The zero-order valence-electron chi connectivity index (χ0n) is 14.6. The molecular weight excluding hydrogens is 336 g/mol. The van der Waals surface area contributed by atoms with E-state index < -0.39 is 17.7 Å². The molecule has 2 N–H and O–H groups in total. The molecule has 0 spiro atoms. The first-order valence-electron chi connectivity index (χ1n) is 7.91. The molecule has 0 saturated carbocycles. The summed E-state index contributed by atoms with van der Waals surface area (Å²) in [6.07, 6.45) is 2.58. The van der Waals surface area contributed by atoms with Crippen molar-refractivity contribution in [2.24, 2.45) is 0 Å². The zero-order chi connectivity index (χ0) is 18.9. The van der Waals surface area contributed by atoms with E-state index in [4.69, 9.17) is 9.84 Å². The summed E-state index contributed by atoms with van der Waals surface area (Å²) in [4.78, 5) is 27.0. The first-order valence-corrected chi connectivity index (χ1v) is 7.91. The molecule has 8 nitrogen and oxygen atoms in total. The van der Waals surface area contributed by atoms with Crippen LogP contribution in [0.2, 0.25) is 0 Å². The predicted octanol–water partition coefficient (Wildman–Crippen LogP) is 3.47. The van der Waals surface area contributed by atoms with Crippen LogP contribution in [-0.4, -0.2) is 37.5 Å². The van der Waals surface area contributed by atoms with Gasteiger partial charge in [-0.2, -0.15) is 5.10 Å². The molecule has 0 aliphatic rings. The fourth-order valence-electron chi connectivity index (χ4n) is 2.40. The van der Waals surface area contributed by atoms with Gasteiger partial charge in [-0.25, -0.2) is 19.3 Å². The smallest absolute Gasteiger partial charge is 0.412 e. The molecule has 2 heterocycles. The van der Waals surface area contributed by atoms with Gasteiger partial charge in [0.15, 0.2) is 0 Å². The summed E-state index contributed by atoms with van der Waals surface area (Å²) in [6, 6.07) is 8.45. The van der Waals surface area contributed by atoms with Crippen molar-refractivity contribution in [3.05, 3.63) is 48.4 Å². The van der Waals surface area contributed by atoms with Crippen LogP contribution in [0.15, 0.2) is 42.7 Å². The number of hydrogen-bond donors (Lipinski definition) is 2. The maximum atomic E-state index is 11.9. The zero-order valence-corrected chi connectivity index (χ0v) is 14.6. The first-order chi connectivity index (χ1) is 12.2. The number of aromatic nitrogens is 3. The Morgan fingerprint density at radius 3 is 2.65 bits per heavy atom. The number of aromatic carboxylic acids is 1. The van der Waals surface area contributed by atoms with Crippen LogP contribution in [-0.2, 0) is 4.74 Å². The van der Waals surface area contributed by atoms with Gasteiger partial charge < -0.3 is 9.84 Å². The number of pyridine rings is 1. The molecule has 3 rings (SSSR count). The van der Waals surface area contributed by atoms with Crippen LogP contribution in [0.3, 0.4) is 0 Å². The van der Waals surface area contributed by atoms with Crippen molar-refractivity contribution in [2.75, 3.05) is 5.32 Å². The Hall–Kier alpha value is -3.42. The number of ether oxygens (including phenoxy) is 1. The fourth-order valence-corrected chi connectivity index (χ4v) is 2.40. The number of nitrogens with zero attached hydrogens (tertiary/aromatic N) is 3. The van der Waals surface area contributed by atoms with Gasteiger partial charge in [-0.15, -0.1) is 0 Å². The highest BCUT2D eigenvalue weighted by atomic mass is 16.6. The number of nitrogens with one attached hydrogen (secondary N) is 1. The van der Waals surface area contributed by atoms with E-state index in [1.54, 1.807) is 49.8 Å². The topological polar surface area (TPSA) is 106 Å². The van der Waals surface area contributed by atoms with Gasteiger partial charge >= 0.3 is 12.1 Å². The molecule has 2 aromatic heterocycles.